The molecule has 1 aromatic carbocycles. The molecule has 0 aliphatic heterocycles. The maximum absolute atomic E-state index is 5.57. The Balaban J connectivity index is 2.28. The van der Waals surface area contributed by atoms with Crippen LogP contribution < -0.4 is 10.1 Å². The molecule has 3 nitrogen and oxygen atoms in total. The van der Waals surface area contributed by atoms with Crippen molar-refractivity contribution in [3.63, 3.8) is 0 Å². The monoisotopic (exact) mass is 412 g/mol. The predicted molar refractivity (Wildman–Crippen MR) is 94.5 cm³/mol. The second-order valence-electron chi connectivity index (χ2n) is 5.42. The molecule has 0 amide bonds. The van der Waals surface area contributed by atoms with Crippen LogP contribution in [0.3, 0.4) is 0 Å². The number of halogens is 2. The summed E-state index contributed by atoms with van der Waals surface area (Å²) in [6.07, 6.45) is 5.11. The average molecular weight is 414 g/mol. The molecule has 112 valence electrons. The Labute approximate surface area is 141 Å². The lowest BCUT2D eigenvalue weighted by atomic mass is 10.0. The fraction of sp³-hybridized carbons (Fsp3) is 0.438. The summed E-state index contributed by atoms with van der Waals surface area (Å²) in [5.74, 6) is 1.41. The van der Waals surface area contributed by atoms with Gasteiger partial charge in [0.05, 0.1) is 22.5 Å². The molecule has 21 heavy (non-hydrogen) atoms. The maximum atomic E-state index is 5.57. The van der Waals surface area contributed by atoms with Crippen LogP contribution >= 0.6 is 31.9 Å². The van der Waals surface area contributed by atoms with Gasteiger partial charge in [0, 0.05) is 28.8 Å². The van der Waals surface area contributed by atoms with Gasteiger partial charge in [-0.2, -0.15) is 0 Å². The first-order valence-electron chi connectivity index (χ1n) is 7.20. The van der Waals surface area contributed by atoms with Crippen LogP contribution in [0.5, 0.6) is 5.75 Å². The molecule has 0 radical (unpaired) electrons. The summed E-state index contributed by atoms with van der Waals surface area (Å²) in [7, 11) is 3.64. The minimum Gasteiger partial charge on any atom is -0.495 e. The lowest BCUT2D eigenvalue weighted by molar-refractivity contribution is 0.417. The van der Waals surface area contributed by atoms with Crippen molar-refractivity contribution in [3.8, 4) is 5.75 Å². The molecular weight excluding hydrogens is 396 g/mol. The predicted octanol–water partition coefficient (Wildman–Crippen LogP) is 5.47. The van der Waals surface area contributed by atoms with E-state index < -0.39 is 0 Å². The van der Waals surface area contributed by atoms with E-state index in [1.54, 1.807) is 7.11 Å². The van der Waals surface area contributed by atoms with Crippen molar-refractivity contribution in [3.05, 3.63) is 26.8 Å². The third kappa shape index (κ3) is 2.66. The molecule has 1 fully saturated rings. The van der Waals surface area contributed by atoms with Crippen LogP contribution in [0.2, 0.25) is 0 Å². The van der Waals surface area contributed by atoms with Gasteiger partial charge in [0.25, 0.3) is 0 Å². The summed E-state index contributed by atoms with van der Waals surface area (Å²) in [6.45, 7) is 0. The summed E-state index contributed by atoms with van der Waals surface area (Å²) in [4.78, 5) is 4.93. The Morgan fingerprint density at radius 3 is 2.52 bits per heavy atom. The molecule has 5 heteroatoms. The zero-order valence-corrected chi connectivity index (χ0v) is 15.3. The number of hydrogen-bond acceptors (Lipinski definition) is 3. The van der Waals surface area contributed by atoms with E-state index in [4.69, 9.17) is 9.72 Å². The average Bonchev–Trinajstić information content (AvgIpc) is 3.01. The number of nitrogens with one attached hydrogen (secondary N) is 1. The lowest BCUT2D eigenvalue weighted by Gasteiger charge is -2.17. The van der Waals surface area contributed by atoms with Gasteiger partial charge in [-0.3, -0.25) is 4.98 Å². The van der Waals surface area contributed by atoms with Crippen molar-refractivity contribution in [2.24, 2.45) is 0 Å². The summed E-state index contributed by atoms with van der Waals surface area (Å²) in [6, 6.07) is 4.19. The Morgan fingerprint density at radius 1 is 1.19 bits per heavy atom. The number of aromatic nitrogens is 1. The van der Waals surface area contributed by atoms with Gasteiger partial charge in [-0.05, 0) is 56.8 Å². The molecule has 2 aromatic rings. The standard InChI is InChI=1S/C16H18Br2N2O/c1-19-13-8-12(9-5-3-4-6-9)20-15-10(17)7-11(18)16(21-2)14(13)15/h7-9H,3-6H2,1-2H3,(H,19,20). The molecule has 1 N–H and O–H groups in total. The highest BCUT2D eigenvalue weighted by molar-refractivity contribution is 9.11. The Morgan fingerprint density at radius 2 is 1.90 bits per heavy atom. The van der Waals surface area contributed by atoms with E-state index in [0.29, 0.717) is 5.92 Å². The number of fused-ring (bicyclic) bond motifs is 1. The van der Waals surface area contributed by atoms with Crippen LogP contribution in [0.15, 0.2) is 21.1 Å². The zero-order valence-electron chi connectivity index (χ0n) is 12.2. The van der Waals surface area contributed by atoms with Crippen LogP contribution in [-0.2, 0) is 0 Å². The van der Waals surface area contributed by atoms with Crippen molar-refractivity contribution in [1.29, 1.82) is 0 Å². The van der Waals surface area contributed by atoms with E-state index in [0.717, 1.165) is 31.3 Å². The number of methoxy groups -OCH3 is 1. The van der Waals surface area contributed by atoms with Gasteiger partial charge in [0.1, 0.15) is 5.75 Å². The van der Waals surface area contributed by atoms with E-state index in [9.17, 15) is 0 Å². The molecule has 1 aromatic heterocycles. The number of rotatable bonds is 3. The van der Waals surface area contributed by atoms with Crippen molar-refractivity contribution in [1.82, 2.24) is 4.98 Å². The van der Waals surface area contributed by atoms with Gasteiger partial charge in [-0.25, -0.2) is 0 Å². The first-order chi connectivity index (χ1) is 10.2. The Kier molecular flexibility index (Phi) is 4.41. The minimum atomic E-state index is 0.586. The maximum Gasteiger partial charge on any atom is 0.144 e. The molecule has 0 atom stereocenters. The summed E-state index contributed by atoms with van der Waals surface area (Å²) in [5, 5.41) is 4.32. The SMILES string of the molecule is CNc1cc(C2CCCC2)nc2c(Br)cc(Br)c(OC)c12. The van der Waals surface area contributed by atoms with E-state index in [1.807, 2.05) is 13.1 Å². The molecule has 0 spiro atoms. The van der Waals surface area contributed by atoms with Crippen LogP contribution in [-0.4, -0.2) is 19.1 Å². The molecule has 3 rings (SSSR count). The third-order valence-electron chi connectivity index (χ3n) is 4.21. The van der Waals surface area contributed by atoms with Gasteiger partial charge < -0.3 is 10.1 Å². The van der Waals surface area contributed by atoms with E-state index in [2.05, 4.69) is 43.2 Å². The van der Waals surface area contributed by atoms with Crippen molar-refractivity contribution in [2.45, 2.75) is 31.6 Å². The topological polar surface area (TPSA) is 34.2 Å². The van der Waals surface area contributed by atoms with Gasteiger partial charge in [0.2, 0.25) is 0 Å². The van der Waals surface area contributed by atoms with Crippen LogP contribution in [0.4, 0.5) is 5.69 Å². The highest BCUT2D eigenvalue weighted by Crippen LogP contribution is 2.43. The molecule has 0 saturated heterocycles. The second-order valence-corrected chi connectivity index (χ2v) is 7.13. The smallest absolute Gasteiger partial charge is 0.144 e. The fourth-order valence-electron chi connectivity index (χ4n) is 3.16. The molecule has 1 aliphatic carbocycles. The van der Waals surface area contributed by atoms with Crippen LogP contribution in [0, 0.1) is 0 Å². The van der Waals surface area contributed by atoms with Gasteiger partial charge in [-0.15, -0.1) is 0 Å². The minimum absolute atomic E-state index is 0.586. The molecule has 0 bridgehead atoms. The van der Waals surface area contributed by atoms with Gasteiger partial charge in [-0.1, -0.05) is 12.8 Å². The normalized spacial score (nSPS) is 15.6. The van der Waals surface area contributed by atoms with Crippen LogP contribution in [0.1, 0.15) is 37.3 Å². The number of nitrogens with zero attached hydrogens (tertiary/aromatic N) is 1. The molecule has 1 aliphatic rings. The van der Waals surface area contributed by atoms with E-state index >= 15 is 0 Å². The molecular formula is C16H18Br2N2O. The van der Waals surface area contributed by atoms with E-state index in [1.165, 1.54) is 31.4 Å². The van der Waals surface area contributed by atoms with Crippen molar-refractivity contribution in [2.75, 3.05) is 19.5 Å². The number of ether oxygens (including phenoxy) is 1. The van der Waals surface area contributed by atoms with Crippen molar-refractivity contribution >= 4 is 48.5 Å². The fourth-order valence-corrected chi connectivity index (χ4v) is 4.57. The Hall–Kier alpha value is -0.810. The highest BCUT2D eigenvalue weighted by atomic mass is 79.9. The van der Waals surface area contributed by atoms with Gasteiger partial charge in [0.15, 0.2) is 0 Å². The zero-order chi connectivity index (χ0) is 15.0. The summed E-state index contributed by atoms with van der Waals surface area (Å²) < 4.78 is 7.49. The van der Waals surface area contributed by atoms with Gasteiger partial charge >= 0.3 is 0 Å². The van der Waals surface area contributed by atoms with Crippen molar-refractivity contribution < 1.29 is 4.74 Å². The second kappa shape index (κ2) is 6.13. The summed E-state index contributed by atoms with van der Waals surface area (Å²) in [5.41, 5.74) is 3.22. The lowest BCUT2D eigenvalue weighted by Crippen LogP contribution is -2.02. The highest BCUT2D eigenvalue weighted by Gasteiger charge is 2.22. The largest absolute Gasteiger partial charge is 0.495 e. The molecule has 0 unspecified atom stereocenters. The summed E-state index contributed by atoms with van der Waals surface area (Å²) >= 11 is 7.21. The number of anilines is 1. The van der Waals surface area contributed by atoms with E-state index in [-0.39, 0.29) is 0 Å². The number of pyridine rings is 1. The first-order valence-corrected chi connectivity index (χ1v) is 8.78. The van der Waals surface area contributed by atoms with Crippen LogP contribution in [0.25, 0.3) is 10.9 Å². The molecule has 1 saturated carbocycles. The molecule has 1 heterocycles. The Bertz CT molecular complexity index is 682. The number of benzene rings is 1. The number of hydrogen-bond donors (Lipinski definition) is 1. The first kappa shape index (κ1) is 15.1. The quantitative estimate of drug-likeness (QED) is 0.724. The third-order valence-corrected chi connectivity index (χ3v) is 5.40.